The van der Waals surface area contributed by atoms with Gasteiger partial charge in [-0.3, -0.25) is 4.57 Å². The fourth-order valence-electron chi connectivity index (χ4n) is 9.01. The predicted octanol–water partition coefficient (Wildman–Crippen LogP) is 14.5. The van der Waals surface area contributed by atoms with Gasteiger partial charge >= 0.3 is 0 Å². The fraction of sp³-hybridized carbons (Fsp3) is 0. The molecule has 13 aromatic rings. The van der Waals surface area contributed by atoms with Crippen LogP contribution in [-0.4, -0.2) is 24.1 Å². The zero-order valence-electron chi connectivity index (χ0n) is 43.6. The summed E-state index contributed by atoms with van der Waals surface area (Å²) in [7, 11) is 0. The third-order valence-electron chi connectivity index (χ3n) is 11.7. The Hall–Kier alpha value is -8.41. The van der Waals surface area contributed by atoms with Gasteiger partial charge in [0.05, 0.1) is 37.1 Å². The maximum atomic E-state index is 9.88. The zero-order chi connectivity index (χ0) is 50.3. The summed E-state index contributed by atoms with van der Waals surface area (Å²) in [5.74, 6) is 1.51. The SMILES string of the molecule is [2H]c1c([2H])c([2H])c2c(c1[2H])c1c([2H])c([2H])c([2H])c([2H])c1c1c([2H])c(-c3cccc(-n4c5ccccc5c5c6c7ccccc7n(-c7nc(-c8ccccc8)nc(-c8ccccc8)n7)c6ccc54)c3)c([2H])c([2H])c21. The molecule has 0 atom stereocenters. The Balaban J connectivity index is 1.08. The van der Waals surface area contributed by atoms with E-state index in [1.807, 2.05) is 103 Å². The van der Waals surface area contributed by atoms with Crippen LogP contribution in [0.1, 0.15) is 15.1 Å². The molecule has 0 amide bonds. The topological polar surface area (TPSA) is 48.5 Å². The molecule has 0 N–H and O–H groups in total. The number of aromatic nitrogens is 5. The molecule has 0 radical (unpaired) electrons. The lowest BCUT2D eigenvalue weighted by Crippen LogP contribution is -2.06. The molecule has 288 valence electrons. The smallest absolute Gasteiger partial charge is 0.238 e. The highest BCUT2D eigenvalue weighted by molar-refractivity contribution is 6.29. The second kappa shape index (κ2) is 13.6. The van der Waals surface area contributed by atoms with Crippen molar-refractivity contribution < 1.29 is 15.1 Å². The van der Waals surface area contributed by atoms with E-state index in [1.165, 1.54) is 0 Å². The Morgan fingerprint density at radius 1 is 0.339 bits per heavy atom. The molecule has 3 heterocycles. The minimum Gasteiger partial charge on any atom is -0.309 e. The van der Waals surface area contributed by atoms with Gasteiger partial charge < -0.3 is 4.57 Å². The third-order valence-corrected chi connectivity index (χ3v) is 11.7. The van der Waals surface area contributed by atoms with Crippen molar-refractivity contribution in [2.24, 2.45) is 0 Å². The maximum Gasteiger partial charge on any atom is 0.238 e. The van der Waals surface area contributed by atoms with Gasteiger partial charge in [-0.1, -0.05) is 170 Å². The number of benzene rings is 10. The quantitative estimate of drug-likeness (QED) is 0.163. The van der Waals surface area contributed by atoms with Gasteiger partial charge in [0.15, 0.2) is 11.6 Å². The van der Waals surface area contributed by atoms with Crippen LogP contribution in [0.2, 0.25) is 0 Å². The molecule has 62 heavy (non-hydrogen) atoms. The normalized spacial score (nSPS) is 14.4. The van der Waals surface area contributed by atoms with Crippen molar-refractivity contribution >= 4 is 75.9 Å². The largest absolute Gasteiger partial charge is 0.309 e. The molecule has 13 rings (SSSR count). The van der Waals surface area contributed by atoms with Crippen molar-refractivity contribution in [1.29, 1.82) is 0 Å². The number of para-hydroxylation sites is 2. The van der Waals surface area contributed by atoms with Gasteiger partial charge in [0, 0.05) is 38.4 Å². The van der Waals surface area contributed by atoms with Gasteiger partial charge in [0.2, 0.25) is 5.95 Å². The van der Waals surface area contributed by atoms with Crippen molar-refractivity contribution in [2.45, 2.75) is 0 Å². The number of fused-ring (bicyclic) bond motifs is 13. The molecule has 0 unspecified atom stereocenters. The summed E-state index contributed by atoms with van der Waals surface area (Å²) >= 11 is 0. The van der Waals surface area contributed by atoms with Crippen LogP contribution in [0.4, 0.5) is 0 Å². The van der Waals surface area contributed by atoms with Crippen LogP contribution < -0.4 is 0 Å². The van der Waals surface area contributed by atoms with Gasteiger partial charge in [-0.25, -0.2) is 4.98 Å². The Labute approximate surface area is 371 Å². The average molecular weight is 801 g/mol. The van der Waals surface area contributed by atoms with Crippen molar-refractivity contribution in [3.63, 3.8) is 0 Å². The standard InChI is InChI=1S/C57H35N5/c1-3-16-36(17-4-1)55-58-56(37-18-5-2-6-19-37)60-57(59-55)62-50-29-14-12-27-47(50)54-52(62)33-32-51-53(54)46-26-11-13-28-49(46)61(51)40-21-15-20-38(34-40)39-30-31-45-43-24-8-7-22-41(43)42-23-9-10-25-44(42)48(45)35-39/h1-35H/i7D,8D,9D,10D,22D,23D,24D,25D,30D,31D,35D. The molecule has 0 spiro atoms. The lowest BCUT2D eigenvalue weighted by molar-refractivity contribution is 0.953. The van der Waals surface area contributed by atoms with Crippen LogP contribution in [0.5, 0.6) is 0 Å². The number of hydrogen-bond donors (Lipinski definition) is 0. The summed E-state index contributed by atoms with van der Waals surface area (Å²) in [5.41, 5.74) is 6.26. The molecule has 5 heteroatoms. The van der Waals surface area contributed by atoms with Crippen molar-refractivity contribution in [3.8, 4) is 45.5 Å². The van der Waals surface area contributed by atoms with E-state index in [2.05, 4.69) is 39.5 Å². The van der Waals surface area contributed by atoms with Gasteiger partial charge in [0.25, 0.3) is 0 Å². The summed E-state index contributed by atoms with van der Waals surface area (Å²) < 4.78 is 104. The van der Waals surface area contributed by atoms with Crippen molar-refractivity contribution in [1.82, 2.24) is 24.1 Å². The highest BCUT2D eigenvalue weighted by Crippen LogP contribution is 2.43. The zero-order valence-corrected chi connectivity index (χ0v) is 32.6. The first-order valence-corrected chi connectivity index (χ1v) is 20.1. The van der Waals surface area contributed by atoms with Crippen LogP contribution in [-0.2, 0) is 0 Å². The van der Waals surface area contributed by atoms with Crippen molar-refractivity contribution in [3.05, 3.63) is 212 Å². The number of nitrogens with zero attached hydrogens (tertiary/aromatic N) is 5. The molecular formula is C57H35N5. The van der Waals surface area contributed by atoms with E-state index in [0.29, 0.717) is 28.8 Å². The molecule has 0 saturated carbocycles. The van der Waals surface area contributed by atoms with E-state index < -0.39 is 54.4 Å². The Bertz CT molecular complexity index is 4470. The van der Waals surface area contributed by atoms with Gasteiger partial charge in [-0.15, -0.1) is 0 Å². The lowest BCUT2D eigenvalue weighted by atomic mass is 9.92. The second-order valence-corrected chi connectivity index (χ2v) is 15.1. The Kier molecular flexibility index (Phi) is 5.53. The number of hydrogen-bond acceptors (Lipinski definition) is 3. The van der Waals surface area contributed by atoms with Gasteiger partial charge in [0.1, 0.15) is 0 Å². The molecule has 0 aliphatic rings. The van der Waals surface area contributed by atoms with E-state index in [0.717, 1.165) is 54.7 Å². The van der Waals surface area contributed by atoms with Crippen molar-refractivity contribution in [2.75, 3.05) is 0 Å². The Morgan fingerprint density at radius 2 is 0.823 bits per heavy atom. The summed E-state index contributed by atoms with van der Waals surface area (Å²) in [5, 5.41) is 2.86. The molecule has 0 aliphatic carbocycles. The number of rotatable bonds is 5. The molecule has 5 nitrogen and oxygen atoms in total. The van der Waals surface area contributed by atoms with E-state index in [-0.39, 0.29) is 50.0 Å². The summed E-state index contributed by atoms with van der Waals surface area (Å²) in [4.78, 5) is 15.2. The minimum absolute atomic E-state index is 0.0153. The summed E-state index contributed by atoms with van der Waals surface area (Å²) in [6.45, 7) is 0. The molecule has 0 saturated heterocycles. The fourth-order valence-corrected chi connectivity index (χ4v) is 9.01. The molecule has 0 aliphatic heterocycles. The maximum absolute atomic E-state index is 9.88. The van der Waals surface area contributed by atoms with E-state index in [4.69, 9.17) is 25.9 Å². The summed E-state index contributed by atoms with van der Waals surface area (Å²) in [6, 6.07) is 41.6. The summed E-state index contributed by atoms with van der Waals surface area (Å²) in [6.07, 6.45) is 0. The van der Waals surface area contributed by atoms with Crippen LogP contribution in [0.3, 0.4) is 0 Å². The first kappa shape index (κ1) is 25.3. The molecule has 3 aromatic heterocycles. The minimum atomic E-state index is -0.614. The first-order chi connectivity index (χ1) is 35.3. The molecule has 0 bridgehead atoms. The highest BCUT2D eigenvalue weighted by Gasteiger charge is 2.23. The highest BCUT2D eigenvalue weighted by atomic mass is 15.2. The second-order valence-electron chi connectivity index (χ2n) is 15.1. The van der Waals surface area contributed by atoms with E-state index in [1.54, 1.807) is 12.1 Å². The van der Waals surface area contributed by atoms with E-state index in [9.17, 15) is 4.11 Å². The van der Waals surface area contributed by atoms with Crippen LogP contribution in [0.15, 0.2) is 212 Å². The van der Waals surface area contributed by atoms with Crippen LogP contribution in [0, 0.1) is 0 Å². The Morgan fingerprint density at radius 3 is 1.42 bits per heavy atom. The van der Waals surface area contributed by atoms with Gasteiger partial charge in [-0.05, 0) is 85.9 Å². The predicted molar refractivity (Wildman–Crippen MR) is 257 cm³/mol. The monoisotopic (exact) mass is 800 g/mol. The van der Waals surface area contributed by atoms with Gasteiger partial charge in [-0.2, -0.15) is 9.97 Å². The third kappa shape index (κ3) is 5.18. The van der Waals surface area contributed by atoms with Crippen LogP contribution >= 0.6 is 0 Å². The molecular weight excluding hydrogens is 755 g/mol. The lowest BCUT2D eigenvalue weighted by Gasteiger charge is -2.13. The molecule has 0 fully saturated rings. The van der Waals surface area contributed by atoms with E-state index >= 15 is 0 Å². The van der Waals surface area contributed by atoms with Crippen LogP contribution in [0.25, 0.3) is 121 Å². The average Bonchev–Trinajstić information content (AvgIpc) is 3.96. The first-order valence-electron chi connectivity index (χ1n) is 25.6. The molecule has 10 aromatic carbocycles.